The Labute approximate surface area is 83.4 Å². The van der Waals surface area contributed by atoms with Crippen molar-refractivity contribution in [3.63, 3.8) is 0 Å². The van der Waals surface area contributed by atoms with E-state index in [1.54, 1.807) is 0 Å². The number of carbonyl (C=O) groups is 1. The zero-order valence-electron chi connectivity index (χ0n) is 8.36. The van der Waals surface area contributed by atoms with E-state index in [0.717, 1.165) is 25.1 Å². The Hall–Kier alpha value is -1.06. The molecule has 1 fully saturated rings. The van der Waals surface area contributed by atoms with Crippen LogP contribution >= 0.6 is 0 Å². The van der Waals surface area contributed by atoms with Crippen LogP contribution < -0.4 is 5.32 Å². The molecule has 14 heavy (non-hydrogen) atoms. The lowest BCUT2D eigenvalue weighted by molar-refractivity contribution is -0.138. The number of hydrogen-bond acceptors (Lipinski definition) is 3. The SMILES string of the molecule is CC1=NC2CCC(CC(=O)O)CC2N1. The van der Waals surface area contributed by atoms with Crippen molar-refractivity contribution in [3.8, 4) is 0 Å². The Bertz CT molecular complexity index is 275. The minimum absolute atomic E-state index is 0.309. The van der Waals surface area contributed by atoms with Crippen molar-refractivity contribution in [2.24, 2.45) is 10.9 Å². The van der Waals surface area contributed by atoms with Crippen LogP contribution in [0.4, 0.5) is 0 Å². The molecule has 3 atom stereocenters. The van der Waals surface area contributed by atoms with Gasteiger partial charge < -0.3 is 10.4 Å². The number of nitrogens with one attached hydrogen (secondary N) is 1. The minimum atomic E-state index is -0.677. The molecule has 0 saturated heterocycles. The first kappa shape index (κ1) is 9.49. The maximum atomic E-state index is 10.6. The minimum Gasteiger partial charge on any atom is -0.481 e. The molecule has 78 valence electrons. The van der Waals surface area contributed by atoms with Gasteiger partial charge in [0.15, 0.2) is 0 Å². The molecule has 3 unspecified atom stereocenters. The summed E-state index contributed by atoms with van der Waals surface area (Å²) in [4.78, 5) is 15.1. The van der Waals surface area contributed by atoms with Crippen LogP contribution in [0.3, 0.4) is 0 Å². The number of aliphatic imine (C=N–C) groups is 1. The van der Waals surface area contributed by atoms with E-state index in [9.17, 15) is 4.79 Å². The van der Waals surface area contributed by atoms with Crippen LogP contribution in [0.1, 0.15) is 32.6 Å². The average Bonchev–Trinajstić information content (AvgIpc) is 2.42. The van der Waals surface area contributed by atoms with Crippen molar-refractivity contribution in [2.45, 2.75) is 44.7 Å². The van der Waals surface area contributed by atoms with Gasteiger partial charge in [-0.2, -0.15) is 0 Å². The largest absolute Gasteiger partial charge is 0.481 e. The monoisotopic (exact) mass is 196 g/mol. The molecule has 1 aliphatic carbocycles. The molecule has 2 N–H and O–H groups in total. The standard InChI is InChI=1S/C10H16N2O2/c1-6-11-8-3-2-7(5-10(13)14)4-9(8)12-6/h7-9H,2-5H2,1H3,(H,11,12)(H,13,14). The van der Waals surface area contributed by atoms with Crippen LogP contribution in [0.5, 0.6) is 0 Å². The Morgan fingerprint density at radius 2 is 2.43 bits per heavy atom. The van der Waals surface area contributed by atoms with E-state index < -0.39 is 5.97 Å². The molecule has 0 spiro atoms. The highest BCUT2D eigenvalue weighted by Crippen LogP contribution is 2.31. The molecule has 2 aliphatic rings. The van der Waals surface area contributed by atoms with Gasteiger partial charge in [-0.1, -0.05) is 0 Å². The first-order chi connectivity index (χ1) is 6.65. The lowest BCUT2D eigenvalue weighted by atomic mass is 9.81. The van der Waals surface area contributed by atoms with Gasteiger partial charge in [-0.3, -0.25) is 9.79 Å². The van der Waals surface area contributed by atoms with Crippen LogP contribution in [-0.2, 0) is 4.79 Å². The third-order valence-corrected chi connectivity index (χ3v) is 3.14. The van der Waals surface area contributed by atoms with Crippen LogP contribution in [-0.4, -0.2) is 29.0 Å². The van der Waals surface area contributed by atoms with Crippen molar-refractivity contribution >= 4 is 11.8 Å². The lowest BCUT2D eigenvalue weighted by Crippen LogP contribution is -2.39. The fourth-order valence-electron chi connectivity index (χ4n) is 2.54. The molecule has 0 aromatic carbocycles. The quantitative estimate of drug-likeness (QED) is 0.693. The van der Waals surface area contributed by atoms with E-state index in [0.29, 0.717) is 24.4 Å². The third kappa shape index (κ3) is 1.89. The maximum absolute atomic E-state index is 10.6. The molecule has 0 amide bonds. The van der Waals surface area contributed by atoms with Crippen LogP contribution in [0.15, 0.2) is 4.99 Å². The first-order valence-electron chi connectivity index (χ1n) is 5.18. The number of carboxylic acid groups (broad SMARTS) is 1. The molecule has 1 aliphatic heterocycles. The van der Waals surface area contributed by atoms with Gasteiger partial charge in [-0.15, -0.1) is 0 Å². The zero-order valence-corrected chi connectivity index (χ0v) is 8.36. The second-order valence-corrected chi connectivity index (χ2v) is 4.31. The zero-order chi connectivity index (χ0) is 10.1. The van der Waals surface area contributed by atoms with Crippen molar-refractivity contribution in [1.82, 2.24) is 5.32 Å². The van der Waals surface area contributed by atoms with Crippen LogP contribution in [0.25, 0.3) is 0 Å². The van der Waals surface area contributed by atoms with E-state index in [1.807, 2.05) is 6.92 Å². The fraction of sp³-hybridized carbons (Fsp3) is 0.800. The molecular weight excluding hydrogens is 180 g/mol. The molecule has 0 aromatic heterocycles. The molecule has 1 heterocycles. The summed E-state index contributed by atoms with van der Waals surface area (Å²) in [5.74, 6) is 0.669. The van der Waals surface area contributed by atoms with Gasteiger partial charge in [0, 0.05) is 12.5 Å². The molecule has 2 rings (SSSR count). The number of fused-ring (bicyclic) bond motifs is 1. The Kier molecular flexibility index (Phi) is 2.44. The van der Waals surface area contributed by atoms with E-state index in [-0.39, 0.29) is 0 Å². The number of aliphatic carboxylic acids is 1. The predicted octanol–water partition coefficient (Wildman–Crippen LogP) is 1.02. The summed E-state index contributed by atoms with van der Waals surface area (Å²) in [7, 11) is 0. The van der Waals surface area contributed by atoms with Gasteiger partial charge in [0.2, 0.25) is 0 Å². The maximum Gasteiger partial charge on any atom is 0.303 e. The van der Waals surface area contributed by atoms with Gasteiger partial charge >= 0.3 is 5.97 Å². The Morgan fingerprint density at radius 3 is 3.14 bits per heavy atom. The predicted molar refractivity (Wildman–Crippen MR) is 53.4 cm³/mol. The first-order valence-corrected chi connectivity index (χ1v) is 5.18. The molecule has 0 aromatic rings. The molecule has 0 radical (unpaired) electrons. The Morgan fingerprint density at radius 1 is 1.64 bits per heavy atom. The summed E-state index contributed by atoms with van der Waals surface area (Å²) in [5.41, 5.74) is 0. The summed E-state index contributed by atoms with van der Waals surface area (Å²) in [6, 6.07) is 0.799. The highest BCUT2D eigenvalue weighted by atomic mass is 16.4. The molecule has 4 nitrogen and oxygen atoms in total. The number of carboxylic acids is 1. The van der Waals surface area contributed by atoms with Gasteiger partial charge in [0.1, 0.15) is 0 Å². The second-order valence-electron chi connectivity index (χ2n) is 4.31. The van der Waals surface area contributed by atoms with Crippen molar-refractivity contribution in [3.05, 3.63) is 0 Å². The van der Waals surface area contributed by atoms with Gasteiger partial charge in [-0.05, 0) is 32.1 Å². The third-order valence-electron chi connectivity index (χ3n) is 3.14. The van der Waals surface area contributed by atoms with E-state index in [1.165, 1.54) is 0 Å². The molecule has 1 saturated carbocycles. The van der Waals surface area contributed by atoms with Crippen molar-refractivity contribution in [2.75, 3.05) is 0 Å². The molecule has 0 bridgehead atoms. The second kappa shape index (κ2) is 3.59. The number of nitrogens with zero attached hydrogens (tertiary/aromatic N) is 1. The lowest BCUT2D eigenvalue weighted by Gasteiger charge is -2.29. The number of hydrogen-bond donors (Lipinski definition) is 2. The summed E-state index contributed by atoms with van der Waals surface area (Å²) in [5, 5.41) is 12.0. The van der Waals surface area contributed by atoms with E-state index in [2.05, 4.69) is 10.3 Å². The highest BCUT2D eigenvalue weighted by molar-refractivity contribution is 5.82. The fourth-order valence-corrected chi connectivity index (χ4v) is 2.54. The number of rotatable bonds is 2. The normalized spacial score (nSPS) is 35.8. The van der Waals surface area contributed by atoms with Crippen molar-refractivity contribution in [1.29, 1.82) is 0 Å². The highest BCUT2D eigenvalue weighted by Gasteiger charge is 2.34. The van der Waals surface area contributed by atoms with Gasteiger partial charge in [-0.25, -0.2) is 0 Å². The summed E-state index contributed by atoms with van der Waals surface area (Å²) in [6.45, 7) is 1.98. The summed E-state index contributed by atoms with van der Waals surface area (Å²) in [6.07, 6.45) is 3.31. The van der Waals surface area contributed by atoms with Crippen LogP contribution in [0, 0.1) is 5.92 Å². The smallest absolute Gasteiger partial charge is 0.303 e. The molecular formula is C10H16N2O2. The van der Waals surface area contributed by atoms with Crippen molar-refractivity contribution < 1.29 is 9.90 Å². The average molecular weight is 196 g/mol. The summed E-state index contributed by atoms with van der Waals surface area (Å²) >= 11 is 0. The van der Waals surface area contributed by atoms with Gasteiger partial charge in [0.05, 0.1) is 11.9 Å². The topological polar surface area (TPSA) is 61.7 Å². The molecule has 4 heteroatoms. The Balaban J connectivity index is 1.90. The summed E-state index contributed by atoms with van der Waals surface area (Å²) < 4.78 is 0. The van der Waals surface area contributed by atoms with E-state index in [4.69, 9.17) is 5.11 Å². The van der Waals surface area contributed by atoms with Gasteiger partial charge in [0.25, 0.3) is 0 Å². The van der Waals surface area contributed by atoms with Crippen LogP contribution in [0.2, 0.25) is 0 Å². The van der Waals surface area contributed by atoms with E-state index >= 15 is 0 Å². The number of amidine groups is 1.